The van der Waals surface area contributed by atoms with Gasteiger partial charge in [0.25, 0.3) is 0 Å². The molecule has 1 aromatic rings. The van der Waals surface area contributed by atoms with Crippen LogP contribution >= 0.6 is 35.6 Å². The lowest BCUT2D eigenvalue weighted by Crippen LogP contribution is -2.35. The van der Waals surface area contributed by atoms with Gasteiger partial charge in [-0.1, -0.05) is 29.6 Å². The van der Waals surface area contributed by atoms with E-state index in [0.29, 0.717) is 17.7 Å². The Morgan fingerprint density at radius 1 is 1.25 bits per heavy atom. The summed E-state index contributed by atoms with van der Waals surface area (Å²) in [6.07, 6.45) is 4.88. The highest BCUT2D eigenvalue weighted by atomic mass is 35.5. The van der Waals surface area contributed by atoms with Gasteiger partial charge in [0.2, 0.25) is 0 Å². The molecule has 114 valence electrons. The molecule has 1 fully saturated rings. The van der Waals surface area contributed by atoms with E-state index in [1.165, 1.54) is 19.3 Å². The normalized spacial score (nSPS) is 18.5. The lowest BCUT2D eigenvalue weighted by atomic mass is 10.0. The molecule has 1 unspecified atom stereocenters. The number of ether oxygens (including phenoxy) is 1. The number of benzene rings is 1. The minimum atomic E-state index is 0. The van der Waals surface area contributed by atoms with E-state index < -0.39 is 0 Å². The zero-order valence-electron chi connectivity index (χ0n) is 12.0. The molecule has 1 aliphatic rings. The van der Waals surface area contributed by atoms with Gasteiger partial charge in [0.05, 0.1) is 11.6 Å². The highest BCUT2D eigenvalue weighted by Crippen LogP contribution is 2.35. The maximum atomic E-state index is 6.27. The Kier molecular flexibility index (Phi) is 7.46. The van der Waals surface area contributed by atoms with E-state index in [-0.39, 0.29) is 12.4 Å². The lowest BCUT2D eigenvalue weighted by molar-refractivity contribution is 0.268. The molecule has 0 radical (unpaired) electrons. The first-order valence-electron chi connectivity index (χ1n) is 6.91. The number of aryl methyl sites for hydroxylation is 1. The minimum Gasteiger partial charge on any atom is -0.492 e. The zero-order valence-corrected chi connectivity index (χ0v) is 14.3. The Balaban J connectivity index is 0.00000200. The molecule has 0 aliphatic carbocycles. The fourth-order valence-electron chi connectivity index (χ4n) is 2.49. The molecule has 20 heavy (non-hydrogen) atoms. The van der Waals surface area contributed by atoms with Gasteiger partial charge in [-0.2, -0.15) is 0 Å². The molecule has 2 rings (SSSR count). The second kappa shape index (κ2) is 8.33. The van der Waals surface area contributed by atoms with Crippen LogP contribution < -0.4 is 10.1 Å². The average Bonchev–Trinajstić information content (AvgIpc) is 2.43. The molecule has 1 aromatic carbocycles. The van der Waals surface area contributed by atoms with Crippen LogP contribution in [-0.4, -0.2) is 19.2 Å². The molecular weight excluding hydrogens is 317 g/mol. The van der Waals surface area contributed by atoms with Crippen molar-refractivity contribution in [2.45, 2.75) is 45.6 Å². The molecule has 1 heterocycles. The van der Waals surface area contributed by atoms with Crippen LogP contribution in [-0.2, 0) is 0 Å². The van der Waals surface area contributed by atoms with Gasteiger partial charge >= 0.3 is 0 Å². The highest BCUT2D eigenvalue weighted by molar-refractivity contribution is 6.37. The number of hydrogen-bond acceptors (Lipinski definition) is 2. The van der Waals surface area contributed by atoms with Gasteiger partial charge in [-0.3, -0.25) is 0 Å². The van der Waals surface area contributed by atoms with Gasteiger partial charge in [-0.25, -0.2) is 0 Å². The Labute approximate surface area is 137 Å². The molecule has 0 bridgehead atoms. The lowest BCUT2D eigenvalue weighted by Gasteiger charge is -2.23. The number of hydrogen-bond donors (Lipinski definition) is 1. The Morgan fingerprint density at radius 3 is 2.65 bits per heavy atom. The first-order valence-corrected chi connectivity index (χ1v) is 7.66. The van der Waals surface area contributed by atoms with Gasteiger partial charge in [-0.15, -0.1) is 12.4 Å². The van der Waals surface area contributed by atoms with Crippen LogP contribution in [0.4, 0.5) is 0 Å². The summed E-state index contributed by atoms with van der Waals surface area (Å²) >= 11 is 12.4. The quantitative estimate of drug-likeness (QED) is 0.839. The molecule has 0 saturated carbocycles. The maximum absolute atomic E-state index is 6.27. The minimum absolute atomic E-state index is 0. The topological polar surface area (TPSA) is 21.3 Å². The van der Waals surface area contributed by atoms with Crippen molar-refractivity contribution in [2.75, 3.05) is 13.2 Å². The van der Waals surface area contributed by atoms with E-state index in [1.54, 1.807) is 0 Å². The van der Waals surface area contributed by atoms with E-state index in [0.717, 1.165) is 34.9 Å². The summed E-state index contributed by atoms with van der Waals surface area (Å²) in [5.74, 6) is 0.747. The van der Waals surface area contributed by atoms with Crippen LogP contribution in [0.15, 0.2) is 6.07 Å². The van der Waals surface area contributed by atoms with E-state index in [9.17, 15) is 0 Å². The summed E-state index contributed by atoms with van der Waals surface area (Å²) in [5.41, 5.74) is 1.91. The maximum Gasteiger partial charge on any atom is 0.138 e. The molecule has 5 heteroatoms. The molecular formula is C15H22Cl3NO. The van der Waals surface area contributed by atoms with Gasteiger partial charge < -0.3 is 10.1 Å². The summed E-state index contributed by atoms with van der Waals surface area (Å²) < 4.78 is 5.83. The Hall–Kier alpha value is -0.150. The van der Waals surface area contributed by atoms with Crippen LogP contribution in [0.2, 0.25) is 10.0 Å². The van der Waals surface area contributed by atoms with Crippen molar-refractivity contribution in [3.05, 3.63) is 27.2 Å². The summed E-state index contributed by atoms with van der Waals surface area (Å²) in [7, 11) is 0. The number of piperidine rings is 1. The van der Waals surface area contributed by atoms with Crippen molar-refractivity contribution in [2.24, 2.45) is 0 Å². The second-order valence-corrected chi connectivity index (χ2v) is 5.98. The van der Waals surface area contributed by atoms with Gasteiger partial charge in [-0.05, 0) is 56.8 Å². The third-order valence-corrected chi connectivity index (χ3v) is 4.76. The smallest absolute Gasteiger partial charge is 0.138 e. The predicted octanol–water partition coefficient (Wildman–Crippen LogP) is 4.94. The van der Waals surface area contributed by atoms with Gasteiger partial charge in [0, 0.05) is 11.1 Å². The van der Waals surface area contributed by atoms with Crippen molar-refractivity contribution in [3.8, 4) is 5.75 Å². The van der Waals surface area contributed by atoms with Crippen molar-refractivity contribution < 1.29 is 4.74 Å². The van der Waals surface area contributed by atoms with Crippen LogP contribution in [0, 0.1) is 13.8 Å². The van der Waals surface area contributed by atoms with E-state index in [2.05, 4.69) is 5.32 Å². The summed E-state index contributed by atoms with van der Waals surface area (Å²) in [4.78, 5) is 0. The summed E-state index contributed by atoms with van der Waals surface area (Å²) in [6, 6.07) is 2.51. The molecule has 0 aromatic heterocycles. The van der Waals surface area contributed by atoms with Crippen molar-refractivity contribution in [1.29, 1.82) is 0 Å². The van der Waals surface area contributed by atoms with Gasteiger partial charge in [0.1, 0.15) is 5.75 Å². The first-order chi connectivity index (χ1) is 9.09. The third-order valence-electron chi connectivity index (χ3n) is 3.70. The predicted molar refractivity (Wildman–Crippen MR) is 88.9 cm³/mol. The Morgan fingerprint density at radius 2 is 2.00 bits per heavy atom. The third kappa shape index (κ3) is 4.42. The van der Waals surface area contributed by atoms with E-state index in [4.69, 9.17) is 27.9 Å². The van der Waals surface area contributed by atoms with Crippen molar-refractivity contribution in [3.63, 3.8) is 0 Å². The van der Waals surface area contributed by atoms with Crippen molar-refractivity contribution in [1.82, 2.24) is 5.32 Å². The molecule has 1 N–H and O–H groups in total. The van der Waals surface area contributed by atoms with Crippen LogP contribution in [0.5, 0.6) is 5.75 Å². The van der Waals surface area contributed by atoms with Crippen LogP contribution in [0.25, 0.3) is 0 Å². The SMILES string of the molecule is Cc1cc(OCCC2CCCCN2)c(Cl)c(C)c1Cl.Cl. The number of rotatable bonds is 4. The average molecular weight is 339 g/mol. The van der Waals surface area contributed by atoms with Crippen molar-refractivity contribution >= 4 is 35.6 Å². The van der Waals surface area contributed by atoms with Crippen LogP contribution in [0.1, 0.15) is 36.8 Å². The van der Waals surface area contributed by atoms with E-state index >= 15 is 0 Å². The van der Waals surface area contributed by atoms with E-state index in [1.807, 2.05) is 19.9 Å². The molecule has 2 nitrogen and oxygen atoms in total. The zero-order chi connectivity index (χ0) is 13.8. The monoisotopic (exact) mass is 337 g/mol. The largest absolute Gasteiger partial charge is 0.492 e. The summed E-state index contributed by atoms with van der Waals surface area (Å²) in [6.45, 7) is 5.72. The molecule has 1 atom stereocenters. The number of nitrogens with one attached hydrogen (secondary N) is 1. The first kappa shape index (κ1) is 17.9. The highest BCUT2D eigenvalue weighted by Gasteiger charge is 2.14. The number of halogens is 3. The molecule has 0 spiro atoms. The molecule has 1 aliphatic heterocycles. The van der Waals surface area contributed by atoms with Crippen LogP contribution in [0.3, 0.4) is 0 Å². The van der Waals surface area contributed by atoms with Gasteiger partial charge in [0.15, 0.2) is 0 Å². The second-order valence-electron chi connectivity index (χ2n) is 5.23. The Bertz CT molecular complexity index is 445. The molecule has 0 amide bonds. The standard InChI is InChI=1S/C15H21Cl2NO.ClH/c1-10-9-13(15(17)11(2)14(10)16)19-8-6-12-5-3-4-7-18-12;/h9,12,18H,3-8H2,1-2H3;1H. The fraction of sp³-hybridized carbons (Fsp3) is 0.600. The fourth-order valence-corrected chi connectivity index (χ4v) is 2.89. The summed E-state index contributed by atoms with van der Waals surface area (Å²) in [5, 5.41) is 4.88. The molecule has 1 saturated heterocycles.